The molecule has 1 saturated carbocycles. The Bertz CT molecular complexity index is 698. The minimum Gasteiger partial charge on any atom is -0.340 e. The molecule has 3 rings (SSSR count). The summed E-state index contributed by atoms with van der Waals surface area (Å²) in [4.78, 5) is 20.9. The van der Waals surface area contributed by atoms with Gasteiger partial charge in [0.1, 0.15) is 5.54 Å². The molecule has 116 valence electrons. The molecule has 1 N–H and O–H groups in total. The van der Waals surface area contributed by atoms with Crippen molar-refractivity contribution in [2.75, 3.05) is 0 Å². The molecule has 1 amide bonds. The van der Waals surface area contributed by atoms with Crippen molar-refractivity contribution >= 4 is 23.3 Å². The number of nitrogens with zero attached hydrogens (tertiary/aromatic N) is 3. The van der Waals surface area contributed by atoms with Crippen molar-refractivity contribution in [2.24, 2.45) is 0 Å². The predicted octanol–water partition coefficient (Wildman–Crippen LogP) is 2.74. The molecule has 0 saturated heterocycles. The normalized spacial score (nSPS) is 17.2. The second kappa shape index (κ2) is 6.00. The summed E-state index contributed by atoms with van der Waals surface area (Å²) < 4.78 is 5.08. The van der Waals surface area contributed by atoms with E-state index in [4.69, 9.17) is 4.52 Å². The first-order valence-electron chi connectivity index (χ1n) is 7.31. The summed E-state index contributed by atoms with van der Waals surface area (Å²) in [6, 6.07) is 0. The van der Waals surface area contributed by atoms with Crippen molar-refractivity contribution in [2.45, 2.75) is 45.1 Å². The highest BCUT2D eigenvalue weighted by Gasteiger charge is 2.40. The van der Waals surface area contributed by atoms with Gasteiger partial charge < -0.3 is 9.84 Å². The number of carbonyl (C=O) groups excluding carboxylic acids is 1. The van der Waals surface area contributed by atoms with Gasteiger partial charge in [0.05, 0.1) is 10.7 Å². The third-order valence-electron chi connectivity index (χ3n) is 3.82. The molecular formula is C15H18N4O2S. The average Bonchev–Trinajstić information content (AvgIpc) is 3.19. The Kier molecular flexibility index (Phi) is 4.06. The number of aryl methyl sites for hydroxylation is 2. The molecule has 2 aromatic rings. The molecule has 22 heavy (non-hydrogen) atoms. The lowest BCUT2D eigenvalue weighted by Gasteiger charge is -2.25. The smallest absolute Gasteiger partial charge is 0.244 e. The van der Waals surface area contributed by atoms with Crippen LogP contribution in [-0.4, -0.2) is 21.0 Å². The molecule has 1 aliphatic carbocycles. The van der Waals surface area contributed by atoms with Crippen LogP contribution in [0.2, 0.25) is 0 Å². The van der Waals surface area contributed by atoms with Gasteiger partial charge in [-0.1, -0.05) is 18.0 Å². The maximum Gasteiger partial charge on any atom is 0.244 e. The van der Waals surface area contributed by atoms with E-state index in [9.17, 15) is 4.79 Å². The fourth-order valence-corrected chi connectivity index (χ4v) is 3.35. The van der Waals surface area contributed by atoms with E-state index in [0.717, 1.165) is 36.4 Å². The van der Waals surface area contributed by atoms with E-state index in [2.05, 4.69) is 20.4 Å². The van der Waals surface area contributed by atoms with E-state index in [1.54, 1.807) is 24.3 Å². The van der Waals surface area contributed by atoms with Crippen molar-refractivity contribution in [1.82, 2.24) is 20.4 Å². The van der Waals surface area contributed by atoms with Crippen LogP contribution in [0.3, 0.4) is 0 Å². The van der Waals surface area contributed by atoms with Crippen LogP contribution in [0.5, 0.6) is 0 Å². The molecule has 0 bridgehead atoms. The molecule has 0 unspecified atom stereocenters. The summed E-state index contributed by atoms with van der Waals surface area (Å²) in [5, 5.41) is 9.98. The van der Waals surface area contributed by atoms with Crippen LogP contribution in [0.4, 0.5) is 0 Å². The van der Waals surface area contributed by atoms with Gasteiger partial charge >= 0.3 is 0 Å². The number of rotatable bonds is 4. The minimum atomic E-state index is -0.503. The fraction of sp³-hybridized carbons (Fsp3) is 0.467. The fourth-order valence-electron chi connectivity index (χ4n) is 2.77. The Morgan fingerprint density at radius 3 is 2.73 bits per heavy atom. The molecule has 0 aromatic carbocycles. The largest absolute Gasteiger partial charge is 0.340 e. The lowest BCUT2D eigenvalue weighted by Crippen LogP contribution is -2.44. The summed E-state index contributed by atoms with van der Waals surface area (Å²) in [7, 11) is 0. The van der Waals surface area contributed by atoms with Crippen LogP contribution in [0, 0.1) is 13.8 Å². The van der Waals surface area contributed by atoms with Gasteiger partial charge in [-0.05, 0) is 25.8 Å². The third kappa shape index (κ3) is 3.09. The summed E-state index contributed by atoms with van der Waals surface area (Å²) in [6.45, 7) is 3.69. The quantitative estimate of drug-likeness (QED) is 0.877. The van der Waals surface area contributed by atoms with Gasteiger partial charge in [0.15, 0.2) is 5.82 Å². The van der Waals surface area contributed by atoms with Crippen LogP contribution < -0.4 is 5.32 Å². The van der Waals surface area contributed by atoms with Gasteiger partial charge in [0.2, 0.25) is 11.8 Å². The maximum absolute atomic E-state index is 12.3. The van der Waals surface area contributed by atoms with E-state index in [-0.39, 0.29) is 5.91 Å². The molecule has 0 spiro atoms. The van der Waals surface area contributed by atoms with Gasteiger partial charge in [-0.25, -0.2) is 4.98 Å². The van der Waals surface area contributed by atoms with Gasteiger partial charge in [-0.3, -0.25) is 4.79 Å². The molecule has 0 atom stereocenters. The molecule has 6 nitrogen and oxygen atoms in total. The number of carbonyl (C=O) groups is 1. The highest BCUT2D eigenvalue weighted by Crippen LogP contribution is 2.37. The molecule has 1 aliphatic rings. The predicted molar refractivity (Wildman–Crippen MR) is 83.2 cm³/mol. The Morgan fingerprint density at radius 2 is 2.14 bits per heavy atom. The zero-order valence-corrected chi connectivity index (χ0v) is 13.4. The second-order valence-electron chi connectivity index (χ2n) is 5.54. The Balaban J connectivity index is 1.74. The van der Waals surface area contributed by atoms with Crippen LogP contribution in [0.25, 0.3) is 6.08 Å². The second-order valence-corrected chi connectivity index (χ2v) is 6.60. The first-order chi connectivity index (χ1) is 10.6. The van der Waals surface area contributed by atoms with Gasteiger partial charge in [-0.15, -0.1) is 11.3 Å². The third-order valence-corrected chi connectivity index (χ3v) is 4.61. The first kappa shape index (κ1) is 14.9. The summed E-state index contributed by atoms with van der Waals surface area (Å²) in [6.07, 6.45) is 7.00. The Morgan fingerprint density at radius 1 is 1.36 bits per heavy atom. The van der Waals surface area contributed by atoms with Gasteiger partial charge in [-0.2, -0.15) is 4.98 Å². The van der Waals surface area contributed by atoms with Crippen molar-refractivity contribution in [3.8, 4) is 0 Å². The number of hydrogen-bond donors (Lipinski definition) is 1. The molecule has 0 radical (unpaired) electrons. The molecule has 7 heteroatoms. The first-order valence-corrected chi connectivity index (χ1v) is 8.18. The molecular weight excluding hydrogens is 300 g/mol. The van der Waals surface area contributed by atoms with E-state index in [1.807, 2.05) is 12.3 Å². The molecule has 0 aliphatic heterocycles. The van der Waals surface area contributed by atoms with Crippen LogP contribution in [-0.2, 0) is 10.3 Å². The number of thiazole rings is 1. The van der Waals surface area contributed by atoms with Gasteiger partial charge in [0.25, 0.3) is 0 Å². The lowest BCUT2D eigenvalue weighted by atomic mass is 9.96. The summed E-state index contributed by atoms with van der Waals surface area (Å²) in [5.74, 6) is 0.938. The number of nitrogens with one attached hydrogen (secondary N) is 1. The average molecular weight is 318 g/mol. The summed E-state index contributed by atoms with van der Waals surface area (Å²) >= 11 is 1.56. The molecule has 2 heterocycles. The Hall–Kier alpha value is -2.02. The maximum atomic E-state index is 12.3. The molecule has 2 aromatic heterocycles. The van der Waals surface area contributed by atoms with Crippen LogP contribution in [0.1, 0.15) is 48.1 Å². The number of aromatic nitrogens is 3. The SMILES string of the molecule is Cc1nc(C2(NC(=O)/C=C/c3csc(C)n3)CCCC2)no1. The lowest BCUT2D eigenvalue weighted by molar-refractivity contribution is -0.118. The zero-order chi connectivity index (χ0) is 15.6. The monoisotopic (exact) mass is 318 g/mol. The van der Waals surface area contributed by atoms with Gasteiger partial charge in [0, 0.05) is 18.4 Å². The molecule has 1 fully saturated rings. The summed E-state index contributed by atoms with van der Waals surface area (Å²) in [5.41, 5.74) is 0.297. The Labute approximate surface area is 132 Å². The minimum absolute atomic E-state index is 0.157. The van der Waals surface area contributed by atoms with E-state index < -0.39 is 5.54 Å². The van der Waals surface area contributed by atoms with Crippen molar-refractivity contribution < 1.29 is 9.32 Å². The highest BCUT2D eigenvalue weighted by atomic mass is 32.1. The van der Waals surface area contributed by atoms with E-state index in [1.165, 1.54) is 6.08 Å². The van der Waals surface area contributed by atoms with Crippen LogP contribution >= 0.6 is 11.3 Å². The van der Waals surface area contributed by atoms with E-state index in [0.29, 0.717) is 11.7 Å². The standard InChI is InChI=1S/C15H18N4O2S/c1-10-16-14(19-21-10)15(7-3-4-8-15)18-13(20)6-5-12-9-22-11(2)17-12/h5-6,9H,3-4,7-8H2,1-2H3,(H,18,20)/b6-5+. The van der Waals surface area contributed by atoms with Crippen molar-refractivity contribution in [1.29, 1.82) is 0 Å². The van der Waals surface area contributed by atoms with Crippen LogP contribution in [0.15, 0.2) is 16.0 Å². The van der Waals surface area contributed by atoms with Crippen molar-refractivity contribution in [3.63, 3.8) is 0 Å². The zero-order valence-electron chi connectivity index (χ0n) is 12.6. The highest BCUT2D eigenvalue weighted by molar-refractivity contribution is 7.09. The number of amides is 1. The van der Waals surface area contributed by atoms with Crippen molar-refractivity contribution in [3.05, 3.63) is 33.9 Å². The number of hydrogen-bond acceptors (Lipinski definition) is 6. The topological polar surface area (TPSA) is 80.9 Å². The van der Waals surface area contributed by atoms with E-state index >= 15 is 0 Å².